The van der Waals surface area contributed by atoms with Gasteiger partial charge in [-0.05, 0) is 30.5 Å². The lowest BCUT2D eigenvalue weighted by atomic mass is 10.0. The Hall–Kier alpha value is -2.08. The van der Waals surface area contributed by atoms with Crippen LogP contribution in [0, 0.1) is 6.92 Å². The standard InChI is InChI=1S/C18H18/c1-3-7-18-14-15(2)10-12-17(18)13-11-16-8-5-4-6-9-16/h3-14H,1-2H3/b7-3+,13-11+. The van der Waals surface area contributed by atoms with Crippen LogP contribution < -0.4 is 0 Å². The zero-order valence-electron chi connectivity index (χ0n) is 10.9. The van der Waals surface area contributed by atoms with Crippen molar-refractivity contribution in [2.75, 3.05) is 0 Å². The monoisotopic (exact) mass is 234 g/mol. The van der Waals surface area contributed by atoms with Crippen molar-refractivity contribution in [3.05, 3.63) is 76.9 Å². The average Bonchev–Trinajstić information content (AvgIpc) is 2.39. The van der Waals surface area contributed by atoms with Gasteiger partial charge in [-0.2, -0.15) is 0 Å². The minimum Gasteiger partial charge on any atom is -0.0870 e. The highest BCUT2D eigenvalue weighted by Gasteiger charge is 1.96. The maximum atomic E-state index is 2.21. The van der Waals surface area contributed by atoms with Crippen molar-refractivity contribution in [2.24, 2.45) is 0 Å². The molecule has 90 valence electrons. The molecule has 18 heavy (non-hydrogen) atoms. The van der Waals surface area contributed by atoms with E-state index in [0.717, 1.165) is 0 Å². The molecule has 0 saturated carbocycles. The maximum Gasteiger partial charge on any atom is -0.0184 e. The maximum absolute atomic E-state index is 2.21. The molecule has 0 aliphatic carbocycles. The van der Waals surface area contributed by atoms with Gasteiger partial charge < -0.3 is 0 Å². The van der Waals surface area contributed by atoms with E-state index in [1.807, 2.05) is 13.0 Å². The van der Waals surface area contributed by atoms with Gasteiger partial charge in [0.15, 0.2) is 0 Å². The highest BCUT2D eigenvalue weighted by molar-refractivity contribution is 5.75. The Morgan fingerprint density at radius 3 is 2.28 bits per heavy atom. The first kappa shape index (κ1) is 12.4. The van der Waals surface area contributed by atoms with Crippen molar-refractivity contribution in [2.45, 2.75) is 13.8 Å². The van der Waals surface area contributed by atoms with E-state index in [2.05, 4.69) is 73.7 Å². The van der Waals surface area contributed by atoms with Crippen LogP contribution in [0.1, 0.15) is 29.2 Å². The molecule has 2 aromatic carbocycles. The lowest BCUT2D eigenvalue weighted by Gasteiger charge is -2.03. The molecular formula is C18H18. The zero-order valence-corrected chi connectivity index (χ0v) is 10.9. The molecular weight excluding hydrogens is 216 g/mol. The highest BCUT2D eigenvalue weighted by Crippen LogP contribution is 2.17. The number of rotatable bonds is 3. The third kappa shape index (κ3) is 3.21. The van der Waals surface area contributed by atoms with E-state index >= 15 is 0 Å². The molecule has 2 rings (SSSR count). The van der Waals surface area contributed by atoms with E-state index in [0.29, 0.717) is 0 Å². The number of hydrogen-bond acceptors (Lipinski definition) is 0. The number of benzene rings is 2. The Kier molecular flexibility index (Phi) is 4.14. The minimum absolute atomic E-state index is 1.23. The molecule has 0 aliphatic heterocycles. The van der Waals surface area contributed by atoms with Gasteiger partial charge in [0.1, 0.15) is 0 Å². The molecule has 0 aliphatic rings. The fraction of sp³-hybridized carbons (Fsp3) is 0.111. The van der Waals surface area contributed by atoms with Crippen LogP contribution in [0.2, 0.25) is 0 Å². The van der Waals surface area contributed by atoms with Gasteiger partial charge in [-0.25, -0.2) is 0 Å². The van der Waals surface area contributed by atoms with E-state index in [-0.39, 0.29) is 0 Å². The van der Waals surface area contributed by atoms with Crippen LogP contribution >= 0.6 is 0 Å². The molecule has 0 amide bonds. The number of hydrogen-bond donors (Lipinski definition) is 0. The summed E-state index contributed by atoms with van der Waals surface area (Å²) >= 11 is 0. The van der Waals surface area contributed by atoms with Crippen molar-refractivity contribution >= 4 is 18.2 Å². The van der Waals surface area contributed by atoms with Crippen molar-refractivity contribution in [1.82, 2.24) is 0 Å². The summed E-state index contributed by atoms with van der Waals surface area (Å²) < 4.78 is 0. The average molecular weight is 234 g/mol. The van der Waals surface area contributed by atoms with E-state index in [1.165, 1.54) is 22.3 Å². The highest BCUT2D eigenvalue weighted by atomic mass is 14.0. The van der Waals surface area contributed by atoms with Gasteiger partial charge in [-0.15, -0.1) is 0 Å². The lowest BCUT2D eigenvalue weighted by molar-refractivity contribution is 1.44. The predicted molar refractivity (Wildman–Crippen MR) is 81.3 cm³/mol. The fourth-order valence-electron chi connectivity index (χ4n) is 1.92. The Morgan fingerprint density at radius 2 is 1.56 bits per heavy atom. The molecule has 0 atom stereocenters. The Labute approximate surface area is 109 Å². The van der Waals surface area contributed by atoms with Crippen molar-refractivity contribution < 1.29 is 0 Å². The van der Waals surface area contributed by atoms with Crippen LogP contribution in [-0.4, -0.2) is 0 Å². The van der Waals surface area contributed by atoms with E-state index in [4.69, 9.17) is 0 Å². The zero-order chi connectivity index (χ0) is 12.8. The van der Waals surface area contributed by atoms with Gasteiger partial charge in [-0.3, -0.25) is 0 Å². The largest absolute Gasteiger partial charge is 0.0870 e. The van der Waals surface area contributed by atoms with Crippen LogP contribution in [0.25, 0.3) is 18.2 Å². The summed E-state index contributed by atoms with van der Waals surface area (Å²) in [5.41, 5.74) is 5.04. The second-order valence-corrected chi connectivity index (χ2v) is 4.38. The van der Waals surface area contributed by atoms with Crippen LogP contribution in [0.3, 0.4) is 0 Å². The SMILES string of the molecule is C/C=C/c1cc(C)ccc1/C=C/c1ccccc1. The summed E-state index contributed by atoms with van der Waals surface area (Å²) in [6, 6.07) is 16.9. The molecule has 0 saturated heterocycles. The Bertz CT molecular complexity index is 560. The van der Waals surface area contributed by atoms with Crippen LogP contribution in [0.5, 0.6) is 0 Å². The first-order chi connectivity index (χ1) is 8.79. The van der Waals surface area contributed by atoms with Crippen molar-refractivity contribution in [1.29, 1.82) is 0 Å². The van der Waals surface area contributed by atoms with Crippen molar-refractivity contribution in [3.63, 3.8) is 0 Å². The van der Waals surface area contributed by atoms with Crippen molar-refractivity contribution in [3.8, 4) is 0 Å². The van der Waals surface area contributed by atoms with Crippen LogP contribution in [0.4, 0.5) is 0 Å². The summed E-state index contributed by atoms with van der Waals surface area (Å²) in [7, 11) is 0. The summed E-state index contributed by atoms with van der Waals surface area (Å²) in [5.74, 6) is 0. The second-order valence-electron chi connectivity index (χ2n) is 4.38. The molecule has 0 fully saturated rings. The molecule has 0 spiro atoms. The van der Waals surface area contributed by atoms with Gasteiger partial charge in [0.25, 0.3) is 0 Å². The smallest absolute Gasteiger partial charge is 0.0184 e. The molecule has 0 unspecified atom stereocenters. The first-order valence-corrected chi connectivity index (χ1v) is 6.26. The van der Waals surface area contributed by atoms with E-state index < -0.39 is 0 Å². The third-order valence-corrected chi connectivity index (χ3v) is 2.84. The quantitative estimate of drug-likeness (QED) is 0.640. The summed E-state index contributed by atoms with van der Waals surface area (Å²) in [4.78, 5) is 0. The number of aryl methyl sites for hydroxylation is 1. The van der Waals surface area contributed by atoms with Gasteiger partial charge in [-0.1, -0.05) is 78.4 Å². The topological polar surface area (TPSA) is 0 Å². The van der Waals surface area contributed by atoms with E-state index in [9.17, 15) is 0 Å². The molecule has 0 heterocycles. The van der Waals surface area contributed by atoms with Crippen LogP contribution in [0.15, 0.2) is 54.6 Å². The normalized spacial score (nSPS) is 11.4. The molecule has 0 heteroatoms. The second kappa shape index (κ2) is 6.02. The Morgan fingerprint density at radius 1 is 0.778 bits per heavy atom. The summed E-state index contributed by atoms with van der Waals surface area (Å²) in [6.07, 6.45) is 8.55. The molecule has 0 aromatic heterocycles. The molecule has 0 radical (unpaired) electrons. The van der Waals surface area contributed by atoms with Gasteiger partial charge >= 0.3 is 0 Å². The third-order valence-electron chi connectivity index (χ3n) is 2.84. The molecule has 0 N–H and O–H groups in total. The van der Waals surface area contributed by atoms with E-state index in [1.54, 1.807) is 0 Å². The number of allylic oxidation sites excluding steroid dienone is 1. The van der Waals surface area contributed by atoms with Gasteiger partial charge in [0.2, 0.25) is 0 Å². The Balaban J connectivity index is 2.31. The first-order valence-electron chi connectivity index (χ1n) is 6.26. The van der Waals surface area contributed by atoms with Crippen LogP contribution in [-0.2, 0) is 0 Å². The lowest BCUT2D eigenvalue weighted by Crippen LogP contribution is -1.82. The predicted octanol–water partition coefficient (Wildman–Crippen LogP) is 5.20. The molecule has 0 bridgehead atoms. The molecule has 2 aromatic rings. The summed E-state index contributed by atoms with van der Waals surface area (Å²) in [6.45, 7) is 4.17. The van der Waals surface area contributed by atoms with Gasteiger partial charge in [0.05, 0.1) is 0 Å². The minimum atomic E-state index is 1.23. The fourth-order valence-corrected chi connectivity index (χ4v) is 1.92. The summed E-state index contributed by atoms with van der Waals surface area (Å²) in [5, 5.41) is 0. The molecule has 0 nitrogen and oxygen atoms in total. The van der Waals surface area contributed by atoms with Gasteiger partial charge in [0, 0.05) is 0 Å².